The highest BCUT2D eigenvalue weighted by molar-refractivity contribution is 7.99. The van der Waals surface area contributed by atoms with Gasteiger partial charge in [0, 0.05) is 6.42 Å². The molecule has 1 unspecified atom stereocenters. The minimum atomic E-state index is -0.278. The van der Waals surface area contributed by atoms with Crippen molar-refractivity contribution < 1.29 is 13.6 Å². The molecular formula is C20H18N6O3S2. The highest BCUT2D eigenvalue weighted by atomic mass is 32.2. The number of nitrogen functional groups attached to an aromatic ring is 1. The molecule has 0 bridgehead atoms. The predicted octanol–water partition coefficient (Wildman–Crippen LogP) is 3.68. The molecule has 0 aromatic carbocycles. The Morgan fingerprint density at radius 3 is 2.87 bits per heavy atom. The quantitative estimate of drug-likeness (QED) is 0.349. The maximum atomic E-state index is 13.1. The van der Waals surface area contributed by atoms with Gasteiger partial charge in [-0.1, -0.05) is 17.8 Å². The van der Waals surface area contributed by atoms with Crippen LogP contribution in [0.2, 0.25) is 0 Å². The number of thiophene rings is 1. The van der Waals surface area contributed by atoms with E-state index in [1.807, 2.05) is 36.6 Å². The molecule has 9 nitrogen and oxygen atoms in total. The van der Waals surface area contributed by atoms with Gasteiger partial charge in [0.25, 0.3) is 5.91 Å². The van der Waals surface area contributed by atoms with Crippen molar-refractivity contribution in [3.05, 3.63) is 64.6 Å². The van der Waals surface area contributed by atoms with Gasteiger partial charge in [0.05, 0.1) is 34.4 Å². The first kappa shape index (κ1) is 19.6. The Morgan fingerprint density at radius 2 is 2.16 bits per heavy atom. The SMILES string of the molecule is Cc1occc1-c1nnc(SCC(=O)N2N=C(c3cccs3)CC2c2ccco2)n1N. The molecule has 4 aromatic rings. The third kappa shape index (κ3) is 3.66. The van der Waals surface area contributed by atoms with Crippen LogP contribution in [-0.4, -0.2) is 37.3 Å². The van der Waals surface area contributed by atoms with Crippen LogP contribution >= 0.6 is 23.1 Å². The van der Waals surface area contributed by atoms with Crippen LogP contribution in [0.15, 0.2) is 67.3 Å². The molecule has 5 rings (SSSR count). The van der Waals surface area contributed by atoms with Gasteiger partial charge in [-0.25, -0.2) is 9.69 Å². The first-order chi connectivity index (χ1) is 15.1. The molecule has 31 heavy (non-hydrogen) atoms. The van der Waals surface area contributed by atoms with E-state index in [2.05, 4.69) is 15.3 Å². The lowest BCUT2D eigenvalue weighted by molar-refractivity contribution is -0.130. The molecule has 11 heteroatoms. The number of carbonyl (C=O) groups is 1. The van der Waals surface area contributed by atoms with Crippen molar-refractivity contribution in [3.8, 4) is 11.4 Å². The van der Waals surface area contributed by atoms with Crippen LogP contribution in [0.25, 0.3) is 11.4 Å². The first-order valence-corrected chi connectivity index (χ1v) is 11.3. The minimum absolute atomic E-state index is 0.109. The van der Waals surface area contributed by atoms with Crippen LogP contribution in [0.5, 0.6) is 0 Å². The number of furan rings is 2. The summed E-state index contributed by atoms with van der Waals surface area (Å²) in [5, 5.41) is 16.8. The van der Waals surface area contributed by atoms with E-state index in [4.69, 9.17) is 14.7 Å². The van der Waals surface area contributed by atoms with E-state index >= 15 is 0 Å². The smallest absolute Gasteiger partial charge is 0.253 e. The lowest BCUT2D eigenvalue weighted by Gasteiger charge is -2.19. The number of hydrogen-bond acceptors (Lipinski definition) is 9. The first-order valence-electron chi connectivity index (χ1n) is 9.46. The summed E-state index contributed by atoms with van der Waals surface area (Å²) in [5.41, 5.74) is 1.63. The Kier molecular flexibility index (Phi) is 5.12. The highest BCUT2D eigenvalue weighted by Crippen LogP contribution is 2.35. The van der Waals surface area contributed by atoms with Crippen LogP contribution in [-0.2, 0) is 4.79 Å². The third-order valence-electron chi connectivity index (χ3n) is 4.93. The van der Waals surface area contributed by atoms with Gasteiger partial charge in [-0.2, -0.15) is 5.10 Å². The third-order valence-corrected chi connectivity index (χ3v) is 6.78. The fourth-order valence-corrected chi connectivity index (χ4v) is 4.83. The van der Waals surface area contributed by atoms with Crippen LogP contribution in [0, 0.1) is 6.92 Å². The largest absolute Gasteiger partial charge is 0.469 e. The summed E-state index contributed by atoms with van der Waals surface area (Å²) in [4.78, 5) is 14.1. The van der Waals surface area contributed by atoms with Gasteiger partial charge < -0.3 is 14.7 Å². The number of amides is 1. The van der Waals surface area contributed by atoms with E-state index in [9.17, 15) is 4.79 Å². The maximum absolute atomic E-state index is 13.1. The molecule has 1 aliphatic heterocycles. The number of rotatable bonds is 6. The molecule has 4 aromatic heterocycles. The van der Waals surface area contributed by atoms with Gasteiger partial charge in [-0.05, 0) is 36.6 Å². The van der Waals surface area contributed by atoms with E-state index in [0.29, 0.717) is 28.9 Å². The zero-order chi connectivity index (χ0) is 21.4. The lowest BCUT2D eigenvalue weighted by atomic mass is 10.1. The Labute approximate surface area is 185 Å². The summed E-state index contributed by atoms with van der Waals surface area (Å²) in [5.74, 6) is 7.98. The molecule has 1 amide bonds. The molecule has 5 heterocycles. The van der Waals surface area contributed by atoms with E-state index in [1.165, 1.54) is 21.4 Å². The second-order valence-corrected chi connectivity index (χ2v) is 8.74. The zero-order valence-electron chi connectivity index (χ0n) is 16.5. The number of aryl methyl sites for hydroxylation is 1. The normalized spacial score (nSPS) is 16.1. The number of hydrazone groups is 1. The Hall–Kier alpha value is -3.31. The van der Waals surface area contributed by atoms with Crippen LogP contribution in [0.1, 0.15) is 28.9 Å². The van der Waals surface area contributed by atoms with Gasteiger partial charge >= 0.3 is 0 Å². The summed E-state index contributed by atoms with van der Waals surface area (Å²) < 4.78 is 12.3. The minimum Gasteiger partial charge on any atom is -0.469 e. The molecule has 1 atom stereocenters. The number of aromatic nitrogens is 3. The summed E-state index contributed by atoms with van der Waals surface area (Å²) in [6, 6.07) is 9.15. The van der Waals surface area contributed by atoms with Crippen molar-refractivity contribution >= 4 is 34.7 Å². The number of nitrogens with two attached hydrogens (primary N) is 1. The molecular weight excluding hydrogens is 436 g/mol. The summed E-state index contributed by atoms with van der Waals surface area (Å²) in [7, 11) is 0. The van der Waals surface area contributed by atoms with Crippen LogP contribution in [0.4, 0.5) is 0 Å². The number of thioether (sulfide) groups is 1. The van der Waals surface area contributed by atoms with Crippen molar-refractivity contribution in [2.75, 3.05) is 11.6 Å². The second-order valence-electron chi connectivity index (χ2n) is 6.85. The topological polar surface area (TPSA) is 116 Å². The molecule has 0 spiro atoms. The number of carbonyl (C=O) groups excluding carboxylic acids is 1. The lowest BCUT2D eigenvalue weighted by Crippen LogP contribution is -2.28. The predicted molar refractivity (Wildman–Crippen MR) is 117 cm³/mol. The number of nitrogens with zero attached hydrogens (tertiary/aromatic N) is 5. The average Bonchev–Trinajstić information content (AvgIpc) is 3.57. The molecule has 158 valence electrons. The van der Waals surface area contributed by atoms with Crippen molar-refractivity contribution in [1.82, 2.24) is 19.9 Å². The zero-order valence-corrected chi connectivity index (χ0v) is 18.1. The van der Waals surface area contributed by atoms with E-state index in [-0.39, 0.29) is 17.7 Å². The van der Waals surface area contributed by atoms with Crippen LogP contribution in [0.3, 0.4) is 0 Å². The van der Waals surface area contributed by atoms with Crippen molar-refractivity contribution in [1.29, 1.82) is 0 Å². The van der Waals surface area contributed by atoms with Gasteiger partial charge in [0.2, 0.25) is 5.16 Å². The summed E-state index contributed by atoms with van der Waals surface area (Å²) in [6.07, 6.45) is 3.77. The Morgan fingerprint density at radius 1 is 1.26 bits per heavy atom. The molecule has 0 saturated carbocycles. The van der Waals surface area contributed by atoms with E-state index in [0.717, 1.165) is 16.2 Å². The Bertz CT molecular complexity index is 1230. The van der Waals surface area contributed by atoms with Crippen molar-refractivity contribution in [2.24, 2.45) is 5.10 Å². The molecule has 0 radical (unpaired) electrons. The van der Waals surface area contributed by atoms with Gasteiger partial charge in [0.1, 0.15) is 17.6 Å². The monoisotopic (exact) mass is 454 g/mol. The van der Waals surface area contributed by atoms with Crippen molar-refractivity contribution in [2.45, 2.75) is 24.5 Å². The second kappa shape index (κ2) is 8.08. The standard InChI is InChI=1S/C20H18N6O3S2/c1-12-13(6-8-28-12)19-22-23-20(25(19)21)31-11-18(27)26-15(16-4-2-7-29-16)10-14(24-26)17-5-3-9-30-17/h2-9,15H,10-11,21H2,1H3. The van der Waals surface area contributed by atoms with Gasteiger partial charge in [0.15, 0.2) is 5.82 Å². The molecule has 2 N–H and O–H groups in total. The molecule has 0 saturated heterocycles. The van der Waals surface area contributed by atoms with Crippen LogP contribution < -0.4 is 5.84 Å². The maximum Gasteiger partial charge on any atom is 0.253 e. The van der Waals surface area contributed by atoms with Gasteiger partial charge in [-0.15, -0.1) is 21.5 Å². The van der Waals surface area contributed by atoms with Gasteiger partial charge in [-0.3, -0.25) is 4.79 Å². The number of hydrogen-bond donors (Lipinski definition) is 1. The fourth-order valence-electron chi connectivity index (χ4n) is 3.40. The summed E-state index contributed by atoms with van der Waals surface area (Å²) >= 11 is 2.81. The molecule has 0 aliphatic carbocycles. The average molecular weight is 455 g/mol. The Balaban J connectivity index is 1.34. The molecule has 1 aliphatic rings. The van der Waals surface area contributed by atoms with Crippen molar-refractivity contribution in [3.63, 3.8) is 0 Å². The van der Waals surface area contributed by atoms with E-state index < -0.39 is 0 Å². The summed E-state index contributed by atoms with van der Waals surface area (Å²) in [6.45, 7) is 1.83. The van der Waals surface area contributed by atoms with E-state index in [1.54, 1.807) is 29.9 Å². The highest BCUT2D eigenvalue weighted by Gasteiger charge is 2.35. The molecule has 0 fully saturated rings. The fraction of sp³-hybridized carbons (Fsp3) is 0.200.